The number of aliphatic hydroxyl groups is 1. The smallest absolute Gasteiger partial charge is 0.137 e. The van der Waals surface area contributed by atoms with Crippen molar-refractivity contribution >= 4 is 23.2 Å². The lowest BCUT2D eigenvalue weighted by molar-refractivity contribution is 0.151. The van der Waals surface area contributed by atoms with E-state index < -0.39 is 6.10 Å². The molecule has 0 radical (unpaired) electrons. The highest BCUT2D eigenvalue weighted by atomic mass is 35.5. The summed E-state index contributed by atoms with van der Waals surface area (Å²) < 4.78 is 7.24. The largest absolute Gasteiger partial charge is 0.457 e. The average Bonchev–Trinajstić information content (AvgIpc) is 3.02. The predicted molar refractivity (Wildman–Crippen MR) is 88.0 cm³/mol. The van der Waals surface area contributed by atoms with Gasteiger partial charge in [0.15, 0.2) is 0 Å². The lowest BCUT2D eigenvalue weighted by atomic mass is 10.1. The third kappa shape index (κ3) is 4.01. The van der Waals surface area contributed by atoms with Crippen LogP contribution in [0.2, 0.25) is 10.0 Å². The highest BCUT2D eigenvalue weighted by Gasteiger charge is 2.14. The van der Waals surface area contributed by atoms with Crippen molar-refractivity contribution in [2.24, 2.45) is 0 Å². The number of hydrogen-bond acceptors (Lipinski definition) is 4. The van der Waals surface area contributed by atoms with Crippen molar-refractivity contribution in [2.45, 2.75) is 12.6 Å². The molecule has 1 atom stereocenters. The van der Waals surface area contributed by atoms with E-state index in [9.17, 15) is 5.11 Å². The zero-order valence-corrected chi connectivity index (χ0v) is 13.4. The topological polar surface area (TPSA) is 60.2 Å². The van der Waals surface area contributed by atoms with Gasteiger partial charge in [-0.25, -0.2) is 4.98 Å². The van der Waals surface area contributed by atoms with Gasteiger partial charge < -0.3 is 9.84 Å². The molecule has 1 N–H and O–H groups in total. The third-order valence-corrected chi connectivity index (χ3v) is 3.79. The van der Waals surface area contributed by atoms with Gasteiger partial charge in [-0.3, -0.25) is 4.68 Å². The summed E-state index contributed by atoms with van der Waals surface area (Å²) in [6, 6.07) is 12.2. The Morgan fingerprint density at radius 3 is 2.48 bits per heavy atom. The van der Waals surface area contributed by atoms with Crippen LogP contribution in [0.15, 0.2) is 55.1 Å². The minimum Gasteiger partial charge on any atom is -0.457 e. The first-order valence-corrected chi connectivity index (χ1v) is 7.61. The number of hydrogen-bond donors (Lipinski definition) is 1. The van der Waals surface area contributed by atoms with E-state index in [0.29, 0.717) is 27.1 Å². The van der Waals surface area contributed by atoms with Crippen molar-refractivity contribution in [2.75, 3.05) is 0 Å². The predicted octanol–water partition coefficient (Wildman–Crippen LogP) is 4.11. The van der Waals surface area contributed by atoms with Crippen LogP contribution in [0.3, 0.4) is 0 Å². The summed E-state index contributed by atoms with van der Waals surface area (Å²) in [6.07, 6.45) is 2.17. The Labute approximate surface area is 143 Å². The molecule has 1 aromatic heterocycles. The Morgan fingerprint density at radius 1 is 1.09 bits per heavy atom. The second-order valence-corrected chi connectivity index (χ2v) is 5.72. The zero-order chi connectivity index (χ0) is 16.2. The van der Waals surface area contributed by atoms with Gasteiger partial charge in [0.1, 0.15) is 30.3 Å². The van der Waals surface area contributed by atoms with Gasteiger partial charge in [0.2, 0.25) is 0 Å². The number of aliphatic hydroxyl groups excluding tert-OH is 1. The second kappa shape index (κ2) is 7.00. The number of benzene rings is 2. The number of ether oxygens (including phenoxy) is 1. The van der Waals surface area contributed by atoms with Gasteiger partial charge in [0.25, 0.3) is 0 Å². The van der Waals surface area contributed by atoms with Crippen LogP contribution in [-0.4, -0.2) is 19.9 Å². The van der Waals surface area contributed by atoms with Gasteiger partial charge in [0, 0.05) is 10.6 Å². The molecule has 0 saturated heterocycles. The first kappa shape index (κ1) is 15.8. The Balaban J connectivity index is 1.73. The standard InChI is InChI=1S/C16H13Cl2N3O2/c17-11-1-3-12(4-2-11)23-13-5-6-14(15(18)7-13)16(22)8-21-10-19-9-20-21/h1-7,9-10,16,22H,8H2. The van der Waals surface area contributed by atoms with Gasteiger partial charge in [-0.1, -0.05) is 29.3 Å². The Morgan fingerprint density at radius 2 is 1.83 bits per heavy atom. The monoisotopic (exact) mass is 349 g/mol. The van der Waals surface area contributed by atoms with Crippen LogP contribution in [0, 0.1) is 0 Å². The molecule has 1 heterocycles. The van der Waals surface area contributed by atoms with E-state index in [1.807, 2.05) is 0 Å². The molecule has 3 aromatic rings. The summed E-state index contributed by atoms with van der Waals surface area (Å²) in [4.78, 5) is 3.84. The van der Waals surface area contributed by atoms with Crippen LogP contribution in [0.1, 0.15) is 11.7 Å². The fourth-order valence-corrected chi connectivity index (χ4v) is 2.51. The van der Waals surface area contributed by atoms with Crippen molar-refractivity contribution in [1.29, 1.82) is 0 Å². The molecule has 0 bridgehead atoms. The third-order valence-electron chi connectivity index (χ3n) is 3.21. The van der Waals surface area contributed by atoms with Crippen molar-refractivity contribution in [3.63, 3.8) is 0 Å². The highest BCUT2D eigenvalue weighted by molar-refractivity contribution is 6.31. The Bertz CT molecular complexity index is 777. The van der Waals surface area contributed by atoms with E-state index in [2.05, 4.69) is 10.1 Å². The first-order valence-electron chi connectivity index (χ1n) is 6.85. The summed E-state index contributed by atoms with van der Waals surface area (Å²) in [7, 11) is 0. The van der Waals surface area contributed by atoms with E-state index >= 15 is 0 Å². The molecule has 23 heavy (non-hydrogen) atoms. The molecule has 0 amide bonds. The van der Waals surface area contributed by atoms with E-state index in [0.717, 1.165) is 0 Å². The lowest BCUT2D eigenvalue weighted by Crippen LogP contribution is -2.09. The van der Waals surface area contributed by atoms with Gasteiger partial charge in [0.05, 0.1) is 11.6 Å². The maximum Gasteiger partial charge on any atom is 0.137 e. The molecule has 118 valence electrons. The van der Waals surface area contributed by atoms with Crippen LogP contribution in [-0.2, 0) is 6.54 Å². The minimum atomic E-state index is -0.784. The summed E-state index contributed by atoms with van der Waals surface area (Å²) in [5.74, 6) is 1.23. The molecule has 0 spiro atoms. The lowest BCUT2D eigenvalue weighted by Gasteiger charge is -2.14. The molecular formula is C16H13Cl2N3O2. The molecule has 0 saturated carbocycles. The molecule has 0 aliphatic rings. The van der Waals surface area contributed by atoms with Gasteiger partial charge >= 0.3 is 0 Å². The quantitative estimate of drug-likeness (QED) is 0.752. The Hall–Kier alpha value is -2.08. The maximum atomic E-state index is 10.3. The van der Waals surface area contributed by atoms with Crippen LogP contribution in [0.25, 0.3) is 0 Å². The van der Waals surface area contributed by atoms with E-state index in [-0.39, 0.29) is 6.54 Å². The maximum absolute atomic E-state index is 10.3. The van der Waals surface area contributed by atoms with Crippen molar-refractivity contribution in [3.05, 3.63) is 70.7 Å². The van der Waals surface area contributed by atoms with E-state index in [1.165, 1.54) is 12.7 Å². The molecule has 7 heteroatoms. The summed E-state index contributed by atoms with van der Waals surface area (Å²) in [6.45, 7) is 0.275. The fourth-order valence-electron chi connectivity index (χ4n) is 2.08. The van der Waals surface area contributed by atoms with Crippen LogP contribution >= 0.6 is 23.2 Å². The highest BCUT2D eigenvalue weighted by Crippen LogP contribution is 2.31. The Kier molecular flexibility index (Phi) is 4.81. The number of aromatic nitrogens is 3. The molecular weight excluding hydrogens is 337 g/mol. The fraction of sp³-hybridized carbons (Fsp3) is 0.125. The minimum absolute atomic E-state index is 0.275. The molecule has 0 aliphatic carbocycles. The number of rotatable bonds is 5. The van der Waals surface area contributed by atoms with Crippen LogP contribution in [0.5, 0.6) is 11.5 Å². The second-order valence-electron chi connectivity index (χ2n) is 4.87. The van der Waals surface area contributed by atoms with E-state index in [1.54, 1.807) is 47.1 Å². The molecule has 0 aliphatic heterocycles. The molecule has 0 fully saturated rings. The van der Waals surface area contributed by atoms with Crippen LogP contribution < -0.4 is 4.74 Å². The number of halogens is 2. The zero-order valence-electron chi connectivity index (χ0n) is 11.9. The molecule has 2 aromatic carbocycles. The van der Waals surface area contributed by atoms with Crippen molar-refractivity contribution < 1.29 is 9.84 Å². The number of nitrogens with zero attached hydrogens (tertiary/aromatic N) is 3. The molecule has 5 nitrogen and oxygen atoms in total. The summed E-state index contributed by atoms with van der Waals surface area (Å²) in [5.41, 5.74) is 0.602. The normalized spacial score (nSPS) is 12.1. The summed E-state index contributed by atoms with van der Waals surface area (Å²) >= 11 is 12.1. The molecule has 1 unspecified atom stereocenters. The van der Waals surface area contributed by atoms with Gasteiger partial charge in [-0.2, -0.15) is 5.10 Å². The first-order chi connectivity index (χ1) is 11.1. The van der Waals surface area contributed by atoms with Gasteiger partial charge in [-0.05, 0) is 36.4 Å². The molecule has 3 rings (SSSR count). The van der Waals surface area contributed by atoms with Crippen molar-refractivity contribution in [1.82, 2.24) is 14.8 Å². The van der Waals surface area contributed by atoms with Crippen molar-refractivity contribution in [3.8, 4) is 11.5 Å². The SMILES string of the molecule is OC(Cn1cncn1)c1ccc(Oc2ccc(Cl)cc2)cc1Cl. The average molecular weight is 350 g/mol. The van der Waals surface area contributed by atoms with E-state index in [4.69, 9.17) is 27.9 Å². The van der Waals surface area contributed by atoms with Gasteiger partial charge in [-0.15, -0.1) is 0 Å². The van der Waals surface area contributed by atoms with Crippen LogP contribution in [0.4, 0.5) is 0 Å². The summed E-state index contributed by atoms with van der Waals surface area (Å²) in [5, 5.41) is 15.3.